The fourth-order valence-electron chi connectivity index (χ4n) is 2.59. The molecule has 1 saturated heterocycles. The van der Waals surface area contributed by atoms with Crippen LogP contribution in [0.3, 0.4) is 0 Å². The van der Waals surface area contributed by atoms with Gasteiger partial charge in [0.2, 0.25) is 0 Å². The molecule has 1 aliphatic rings. The standard InChI is InChI=1S/C15H24N4O3/c1-15(2,3)11(9-19-6-4-5-7-19)17-13(21)10-8-12(20)18-14(22)16-10/h8,11H,4-7,9H2,1-3H3,(H,17,21)(H2,16,18,20,22)/t11-/m0/s1. The molecule has 2 rings (SSSR count). The van der Waals surface area contributed by atoms with Crippen LogP contribution in [0.15, 0.2) is 15.7 Å². The van der Waals surface area contributed by atoms with E-state index in [1.54, 1.807) is 0 Å². The van der Waals surface area contributed by atoms with Crippen molar-refractivity contribution >= 4 is 5.91 Å². The lowest BCUT2D eigenvalue weighted by Crippen LogP contribution is -2.50. The molecule has 0 bridgehead atoms. The van der Waals surface area contributed by atoms with Crippen LogP contribution in [-0.2, 0) is 0 Å². The van der Waals surface area contributed by atoms with Gasteiger partial charge in [0, 0.05) is 18.7 Å². The van der Waals surface area contributed by atoms with Gasteiger partial charge in [0.1, 0.15) is 5.69 Å². The third-order valence-corrected chi connectivity index (χ3v) is 4.00. The van der Waals surface area contributed by atoms with E-state index in [1.807, 2.05) is 0 Å². The topological polar surface area (TPSA) is 98.1 Å². The number of nitrogens with one attached hydrogen (secondary N) is 3. The summed E-state index contributed by atoms with van der Waals surface area (Å²) in [5.74, 6) is -0.428. The molecule has 0 unspecified atom stereocenters. The first kappa shape index (κ1) is 16.5. The van der Waals surface area contributed by atoms with E-state index in [0.717, 1.165) is 25.7 Å². The first-order valence-corrected chi connectivity index (χ1v) is 7.62. The second-order valence-electron chi connectivity index (χ2n) is 6.90. The molecule has 1 aromatic heterocycles. The molecule has 0 radical (unpaired) electrons. The number of carbonyl (C=O) groups excluding carboxylic acids is 1. The number of hydrogen-bond acceptors (Lipinski definition) is 4. The summed E-state index contributed by atoms with van der Waals surface area (Å²) in [6.45, 7) is 9.05. The number of H-pyrrole nitrogens is 2. The summed E-state index contributed by atoms with van der Waals surface area (Å²) in [4.78, 5) is 41.7. The first-order valence-electron chi connectivity index (χ1n) is 7.62. The zero-order valence-electron chi connectivity index (χ0n) is 13.4. The quantitative estimate of drug-likeness (QED) is 0.745. The van der Waals surface area contributed by atoms with Crippen LogP contribution < -0.4 is 16.6 Å². The number of amides is 1. The number of aromatic amines is 2. The van der Waals surface area contributed by atoms with Crippen molar-refractivity contribution in [1.82, 2.24) is 20.2 Å². The Morgan fingerprint density at radius 1 is 1.27 bits per heavy atom. The molecule has 1 amide bonds. The fourth-order valence-corrected chi connectivity index (χ4v) is 2.59. The highest BCUT2D eigenvalue weighted by molar-refractivity contribution is 5.92. The molecular weight excluding hydrogens is 284 g/mol. The lowest BCUT2D eigenvalue weighted by Gasteiger charge is -2.34. The summed E-state index contributed by atoms with van der Waals surface area (Å²) in [5.41, 5.74) is -1.39. The van der Waals surface area contributed by atoms with Crippen LogP contribution in [0.2, 0.25) is 0 Å². The Kier molecular flexibility index (Phi) is 4.85. The van der Waals surface area contributed by atoms with Crippen LogP contribution in [0, 0.1) is 5.41 Å². The van der Waals surface area contributed by atoms with Gasteiger partial charge >= 0.3 is 5.69 Å². The second kappa shape index (κ2) is 6.48. The summed E-state index contributed by atoms with van der Waals surface area (Å²) in [5, 5.41) is 2.95. The average Bonchev–Trinajstić information content (AvgIpc) is 2.88. The molecule has 1 aromatic rings. The Morgan fingerprint density at radius 3 is 2.45 bits per heavy atom. The Labute approximate surface area is 129 Å². The second-order valence-corrected chi connectivity index (χ2v) is 6.90. The summed E-state index contributed by atoms with van der Waals surface area (Å²) in [7, 11) is 0. The molecule has 3 N–H and O–H groups in total. The van der Waals surface area contributed by atoms with Gasteiger partial charge in [-0.25, -0.2) is 4.79 Å². The Morgan fingerprint density at radius 2 is 1.91 bits per heavy atom. The van der Waals surface area contributed by atoms with E-state index in [9.17, 15) is 14.4 Å². The Balaban J connectivity index is 2.13. The van der Waals surface area contributed by atoms with E-state index in [0.29, 0.717) is 0 Å². The van der Waals surface area contributed by atoms with Gasteiger partial charge in [0.05, 0.1) is 0 Å². The van der Waals surface area contributed by atoms with Crippen molar-refractivity contribution in [3.05, 3.63) is 32.6 Å². The van der Waals surface area contributed by atoms with Crippen molar-refractivity contribution in [1.29, 1.82) is 0 Å². The lowest BCUT2D eigenvalue weighted by molar-refractivity contribution is 0.0872. The Bertz CT molecular complexity index is 607. The van der Waals surface area contributed by atoms with Crippen molar-refractivity contribution in [3.63, 3.8) is 0 Å². The highest BCUT2D eigenvalue weighted by atomic mass is 16.2. The van der Waals surface area contributed by atoms with Crippen molar-refractivity contribution < 1.29 is 4.79 Å². The van der Waals surface area contributed by atoms with Gasteiger partial charge in [0.15, 0.2) is 0 Å². The molecule has 0 saturated carbocycles. The van der Waals surface area contributed by atoms with E-state index in [-0.39, 0.29) is 17.2 Å². The smallest absolute Gasteiger partial charge is 0.326 e. The van der Waals surface area contributed by atoms with E-state index in [2.05, 4.69) is 41.0 Å². The van der Waals surface area contributed by atoms with Gasteiger partial charge in [-0.3, -0.25) is 14.6 Å². The van der Waals surface area contributed by atoms with Crippen LogP contribution in [-0.4, -0.2) is 46.5 Å². The van der Waals surface area contributed by atoms with E-state index in [1.165, 1.54) is 12.8 Å². The van der Waals surface area contributed by atoms with Gasteiger partial charge in [-0.05, 0) is 31.3 Å². The number of hydrogen-bond donors (Lipinski definition) is 3. The van der Waals surface area contributed by atoms with Crippen LogP contribution >= 0.6 is 0 Å². The molecule has 0 aliphatic carbocycles. The highest BCUT2D eigenvalue weighted by Crippen LogP contribution is 2.22. The maximum absolute atomic E-state index is 12.3. The molecule has 1 atom stereocenters. The number of likely N-dealkylation sites (tertiary alicyclic amines) is 1. The monoisotopic (exact) mass is 308 g/mol. The van der Waals surface area contributed by atoms with E-state index < -0.39 is 17.2 Å². The van der Waals surface area contributed by atoms with Gasteiger partial charge in [-0.15, -0.1) is 0 Å². The summed E-state index contributed by atoms with van der Waals surface area (Å²) in [6, 6.07) is 1.03. The number of rotatable bonds is 4. The molecule has 0 spiro atoms. The largest absolute Gasteiger partial charge is 0.346 e. The number of aromatic nitrogens is 2. The molecule has 22 heavy (non-hydrogen) atoms. The van der Waals surface area contributed by atoms with Gasteiger partial charge in [-0.1, -0.05) is 20.8 Å². The summed E-state index contributed by atoms with van der Waals surface area (Å²) in [6.07, 6.45) is 2.37. The molecule has 7 nitrogen and oxygen atoms in total. The van der Waals surface area contributed by atoms with Gasteiger partial charge in [0.25, 0.3) is 11.5 Å². The molecule has 1 fully saturated rings. The van der Waals surface area contributed by atoms with Crippen LogP contribution in [0.5, 0.6) is 0 Å². The van der Waals surface area contributed by atoms with E-state index in [4.69, 9.17) is 0 Å². The molecule has 1 aliphatic heterocycles. The van der Waals surface area contributed by atoms with Crippen molar-refractivity contribution in [2.45, 2.75) is 39.7 Å². The zero-order valence-corrected chi connectivity index (χ0v) is 13.4. The van der Waals surface area contributed by atoms with Crippen molar-refractivity contribution in [2.75, 3.05) is 19.6 Å². The van der Waals surface area contributed by atoms with Crippen LogP contribution in [0.4, 0.5) is 0 Å². The summed E-state index contributed by atoms with van der Waals surface area (Å²) >= 11 is 0. The molecule has 0 aromatic carbocycles. The number of nitrogens with zero attached hydrogens (tertiary/aromatic N) is 1. The predicted octanol–water partition coefficient (Wildman–Crippen LogP) is 0.304. The van der Waals surface area contributed by atoms with Crippen molar-refractivity contribution in [3.8, 4) is 0 Å². The van der Waals surface area contributed by atoms with E-state index >= 15 is 0 Å². The fraction of sp³-hybridized carbons (Fsp3) is 0.667. The first-order chi connectivity index (χ1) is 10.3. The van der Waals surface area contributed by atoms with Crippen LogP contribution in [0.25, 0.3) is 0 Å². The third kappa shape index (κ3) is 4.30. The lowest BCUT2D eigenvalue weighted by atomic mass is 9.86. The maximum Gasteiger partial charge on any atom is 0.326 e. The van der Waals surface area contributed by atoms with Crippen LogP contribution in [0.1, 0.15) is 44.1 Å². The molecule has 7 heteroatoms. The molecule has 122 valence electrons. The minimum absolute atomic E-state index is 0.00979. The zero-order chi connectivity index (χ0) is 16.3. The number of carbonyl (C=O) groups is 1. The molecule has 2 heterocycles. The van der Waals surface area contributed by atoms with Gasteiger partial charge in [-0.2, -0.15) is 0 Å². The third-order valence-electron chi connectivity index (χ3n) is 4.00. The predicted molar refractivity (Wildman–Crippen MR) is 84.1 cm³/mol. The highest BCUT2D eigenvalue weighted by Gasteiger charge is 2.29. The maximum atomic E-state index is 12.3. The minimum Gasteiger partial charge on any atom is -0.346 e. The normalized spacial score (nSPS) is 17.4. The van der Waals surface area contributed by atoms with Crippen molar-refractivity contribution in [2.24, 2.45) is 5.41 Å². The Hall–Kier alpha value is -1.89. The summed E-state index contributed by atoms with van der Waals surface area (Å²) < 4.78 is 0. The average molecular weight is 308 g/mol. The van der Waals surface area contributed by atoms with Gasteiger partial charge < -0.3 is 15.2 Å². The molecular formula is C15H24N4O3. The minimum atomic E-state index is -0.676. The SMILES string of the molecule is CC(C)(C)[C@H](CN1CCCC1)NC(=O)c1cc(=O)[nH]c(=O)[nH]1.